The highest BCUT2D eigenvalue weighted by Crippen LogP contribution is 2.19. The lowest BCUT2D eigenvalue weighted by atomic mass is 10.1. The summed E-state index contributed by atoms with van der Waals surface area (Å²) < 4.78 is 5.65. The molecule has 2 rings (SSSR count). The zero-order valence-corrected chi connectivity index (χ0v) is 12.4. The molecule has 0 aliphatic heterocycles. The van der Waals surface area contributed by atoms with E-state index in [0.717, 1.165) is 18.7 Å². The fourth-order valence-electron chi connectivity index (χ4n) is 1.85. The van der Waals surface area contributed by atoms with Gasteiger partial charge in [0.25, 0.3) is 0 Å². The van der Waals surface area contributed by atoms with Crippen molar-refractivity contribution in [3.05, 3.63) is 48.2 Å². The molecule has 112 valence electrons. The zero-order valence-electron chi connectivity index (χ0n) is 12.4. The Hall–Kier alpha value is -1.98. The number of rotatable bonds is 7. The van der Waals surface area contributed by atoms with Gasteiger partial charge in [-0.1, -0.05) is 12.1 Å². The van der Waals surface area contributed by atoms with Gasteiger partial charge < -0.3 is 15.2 Å². The third-order valence-electron chi connectivity index (χ3n) is 2.82. The lowest BCUT2D eigenvalue weighted by molar-refractivity contribution is 0.0801. The summed E-state index contributed by atoms with van der Waals surface area (Å²) in [6, 6.07) is 11.4. The molecule has 2 N–H and O–H groups in total. The van der Waals surface area contributed by atoms with Crippen LogP contribution < -0.4 is 10.1 Å². The fourth-order valence-corrected chi connectivity index (χ4v) is 1.85. The third kappa shape index (κ3) is 5.89. The Bertz CT molecular complexity index is 553. The number of benzene rings is 1. The second-order valence-corrected chi connectivity index (χ2v) is 5.55. The van der Waals surface area contributed by atoms with Gasteiger partial charge in [-0.2, -0.15) is 5.10 Å². The van der Waals surface area contributed by atoms with Crippen molar-refractivity contribution in [3.8, 4) is 11.6 Å². The average molecular weight is 287 g/mol. The maximum Gasteiger partial charge on any atom is 0.238 e. The number of ether oxygens (including phenoxy) is 1. The van der Waals surface area contributed by atoms with Crippen molar-refractivity contribution in [2.45, 2.75) is 25.9 Å². The second-order valence-electron chi connectivity index (χ2n) is 5.55. The van der Waals surface area contributed by atoms with Crippen LogP contribution in [-0.2, 0) is 6.42 Å². The van der Waals surface area contributed by atoms with E-state index in [4.69, 9.17) is 4.74 Å². The summed E-state index contributed by atoms with van der Waals surface area (Å²) in [7, 11) is 0. The van der Waals surface area contributed by atoms with Crippen LogP contribution in [0.4, 0.5) is 0 Å². The maximum atomic E-state index is 9.63. The molecule has 0 radical (unpaired) electrons. The molecule has 0 spiro atoms. The van der Waals surface area contributed by atoms with Gasteiger partial charge in [-0.3, -0.25) is 0 Å². The van der Waals surface area contributed by atoms with Gasteiger partial charge in [-0.25, -0.2) is 0 Å². The van der Waals surface area contributed by atoms with Gasteiger partial charge >= 0.3 is 0 Å². The summed E-state index contributed by atoms with van der Waals surface area (Å²) in [5, 5.41) is 20.5. The van der Waals surface area contributed by atoms with Gasteiger partial charge in [-0.05, 0) is 50.6 Å². The van der Waals surface area contributed by atoms with Crippen molar-refractivity contribution in [2.75, 3.05) is 13.1 Å². The molecule has 0 saturated carbocycles. The predicted molar refractivity (Wildman–Crippen MR) is 81.4 cm³/mol. The molecule has 1 aromatic carbocycles. The smallest absolute Gasteiger partial charge is 0.238 e. The molecular weight excluding hydrogens is 266 g/mol. The van der Waals surface area contributed by atoms with Crippen LogP contribution in [0.5, 0.6) is 11.6 Å². The van der Waals surface area contributed by atoms with Crippen molar-refractivity contribution >= 4 is 0 Å². The first-order chi connectivity index (χ1) is 10.0. The first kappa shape index (κ1) is 15.4. The van der Waals surface area contributed by atoms with Crippen LogP contribution in [0.15, 0.2) is 42.6 Å². The molecule has 0 aliphatic carbocycles. The second kappa shape index (κ2) is 7.15. The molecule has 21 heavy (non-hydrogen) atoms. The summed E-state index contributed by atoms with van der Waals surface area (Å²) in [6.45, 7) is 4.95. The molecule has 0 saturated heterocycles. The highest BCUT2D eigenvalue weighted by molar-refractivity contribution is 5.31. The van der Waals surface area contributed by atoms with Gasteiger partial charge in [0.2, 0.25) is 5.88 Å². The van der Waals surface area contributed by atoms with Crippen LogP contribution in [0.25, 0.3) is 0 Å². The predicted octanol–water partition coefficient (Wildman–Crippen LogP) is 2.17. The quantitative estimate of drug-likeness (QED) is 0.764. The summed E-state index contributed by atoms with van der Waals surface area (Å²) in [6.07, 6.45) is 2.48. The highest BCUT2D eigenvalue weighted by Gasteiger charge is 2.10. The van der Waals surface area contributed by atoms with Gasteiger partial charge in [0.15, 0.2) is 0 Å². The van der Waals surface area contributed by atoms with Crippen molar-refractivity contribution in [1.29, 1.82) is 0 Å². The van der Waals surface area contributed by atoms with E-state index < -0.39 is 5.60 Å². The Labute approximate surface area is 125 Å². The molecular formula is C16H21N3O2. The normalized spacial score (nSPS) is 11.4. The molecule has 1 heterocycles. The number of nitrogens with one attached hydrogen (secondary N) is 1. The van der Waals surface area contributed by atoms with Crippen LogP contribution in [0, 0.1) is 0 Å². The zero-order chi connectivity index (χ0) is 15.1. The molecule has 0 amide bonds. The van der Waals surface area contributed by atoms with Gasteiger partial charge in [0, 0.05) is 18.8 Å². The van der Waals surface area contributed by atoms with Crippen LogP contribution in [0.1, 0.15) is 19.4 Å². The molecule has 0 unspecified atom stereocenters. The number of nitrogens with zero attached hydrogens (tertiary/aromatic N) is 2. The number of aliphatic hydroxyl groups is 1. The molecule has 5 nitrogen and oxygen atoms in total. The van der Waals surface area contributed by atoms with E-state index in [0.29, 0.717) is 12.4 Å². The van der Waals surface area contributed by atoms with E-state index in [9.17, 15) is 5.11 Å². The highest BCUT2D eigenvalue weighted by atomic mass is 16.5. The average Bonchev–Trinajstić information content (AvgIpc) is 2.44. The largest absolute Gasteiger partial charge is 0.438 e. The van der Waals surface area contributed by atoms with E-state index >= 15 is 0 Å². The lowest BCUT2D eigenvalue weighted by Crippen LogP contribution is -2.35. The monoisotopic (exact) mass is 287 g/mol. The molecule has 2 aromatic rings. The van der Waals surface area contributed by atoms with E-state index in [-0.39, 0.29) is 0 Å². The van der Waals surface area contributed by atoms with Crippen LogP contribution in [0.2, 0.25) is 0 Å². The van der Waals surface area contributed by atoms with Gasteiger partial charge in [0.05, 0.1) is 5.60 Å². The van der Waals surface area contributed by atoms with Crippen molar-refractivity contribution in [3.63, 3.8) is 0 Å². The minimum atomic E-state index is -0.684. The van der Waals surface area contributed by atoms with E-state index in [2.05, 4.69) is 21.6 Å². The maximum absolute atomic E-state index is 9.63. The molecule has 5 heteroatoms. The Kier molecular flexibility index (Phi) is 5.25. The Morgan fingerprint density at radius 2 is 2.10 bits per heavy atom. The van der Waals surface area contributed by atoms with Crippen LogP contribution in [0.3, 0.4) is 0 Å². The fraction of sp³-hybridized carbons (Fsp3) is 0.375. The minimum absolute atomic E-state index is 0.481. The molecule has 0 fully saturated rings. The number of hydrogen-bond donors (Lipinski definition) is 2. The van der Waals surface area contributed by atoms with E-state index in [1.165, 1.54) is 5.56 Å². The van der Waals surface area contributed by atoms with Crippen LogP contribution in [-0.4, -0.2) is 34.0 Å². The SMILES string of the molecule is CC(C)(O)CNCCc1cccc(Oc2cccnn2)c1. The Balaban J connectivity index is 1.86. The molecule has 1 aromatic heterocycles. The molecule has 0 bridgehead atoms. The minimum Gasteiger partial charge on any atom is -0.438 e. The lowest BCUT2D eigenvalue weighted by Gasteiger charge is -2.17. The molecule has 0 aliphatic rings. The number of hydrogen-bond acceptors (Lipinski definition) is 5. The van der Waals surface area contributed by atoms with Gasteiger partial charge in [0.1, 0.15) is 5.75 Å². The third-order valence-corrected chi connectivity index (χ3v) is 2.82. The van der Waals surface area contributed by atoms with E-state index in [1.54, 1.807) is 32.2 Å². The van der Waals surface area contributed by atoms with Crippen LogP contribution >= 0.6 is 0 Å². The topological polar surface area (TPSA) is 67.3 Å². The Morgan fingerprint density at radius 1 is 1.24 bits per heavy atom. The van der Waals surface area contributed by atoms with E-state index in [1.807, 2.05) is 18.2 Å². The first-order valence-corrected chi connectivity index (χ1v) is 7.00. The standard InChI is InChI=1S/C16H21N3O2/c1-16(2,20)12-17-10-8-13-5-3-6-14(11-13)21-15-7-4-9-18-19-15/h3-7,9,11,17,20H,8,10,12H2,1-2H3. The van der Waals surface area contributed by atoms with Gasteiger partial charge in [-0.15, -0.1) is 5.10 Å². The first-order valence-electron chi connectivity index (χ1n) is 7.00. The summed E-state index contributed by atoms with van der Waals surface area (Å²) >= 11 is 0. The summed E-state index contributed by atoms with van der Waals surface area (Å²) in [5.74, 6) is 1.23. The van der Waals surface area contributed by atoms with Crippen molar-refractivity contribution in [2.24, 2.45) is 0 Å². The Morgan fingerprint density at radius 3 is 2.81 bits per heavy atom. The summed E-state index contributed by atoms with van der Waals surface area (Å²) in [5.41, 5.74) is 0.483. The van der Waals surface area contributed by atoms with Crippen molar-refractivity contribution < 1.29 is 9.84 Å². The number of aromatic nitrogens is 2. The summed E-state index contributed by atoms with van der Waals surface area (Å²) in [4.78, 5) is 0. The van der Waals surface area contributed by atoms with Crippen molar-refractivity contribution in [1.82, 2.24) is 15.5 Å². The molecule has 0 atom stereocenters.